The lowest BCUT2D eigenvalue weighted by Gasteiger charge is -2.18. The molecule has 4 aromatic rings. The van der Waals surface area contributed by atoms with Crippen molar-refractivity contribution >= 4 is 29.0 Å². The highest BCUT2D eigenvalue weighted by Gasteiger charge is 2.19. The average molecular weight is 421 g/mol. The molecule has 0 unspecified atom stereocenters. The Morgan fingerprint density at radius 1 is 1.10 bits per heavy atom. The topological polar surface area (TPSA) is 59.8 Å². The Morgan fingerprint density at radius 3 is 2.66 bits per heavy atom. The summed E-state index contributed by atoms with van der Waals surface area (Å²) in [6.45, 7) is 2.04. The second-order valence-corrected chi connectivity index (χ2v) is 8.41. The molecule has 2 aromatic carbocycles. The average Bonchev–Trinajstić information content (AvgIpc) is 3.44. The van der Waals surface area contributed by atoms with E-state index in [1.165, 1.54) is 11.8 Å². The van der Waals surface area contributed by atoms with Gasteiger partial charge in [0.1, 0.15) is 6.33 Å². The number of nitrogens with one attached hydrogen (secondary N) is 1. The molecule has 7 heteroatoms. The maximum Gasteiger partial charge on any atom is 0.231 e. The van der Waals surface area contributed by atoms with Crippen LogP contribution in [0.4, 0.5) is 0 Å². The van der Waals surface area contributed by atoms with E-state index in [4.69, 9.17) is 0 Å². The summed E-state index contributed by atoms with van der Waals surface area (Å²) in [6, 6.07) is 22.0. The first-order chi connectivity index (χ1) is 14.2. The molecule has 29 heavy (non-hydrogen) atoms. The zero-order valence-electron chi connectivity index (χ0n) is 15.9. The van der Waals surface area contributed by atoms with E-state index in [2.05, 4.69) is 15.5 Å². The first kappa shape index (κ1) is 19.4. The Kier molecular flexibility index (Phi) is 6.07. The number of amides is 1. The Hall–Kier alpha value is -2.90. The number of aromatic nitrogens is 3. The molecule has 0 fully saturated rings. The number of hydrogen-bond acceptors (Lipinski definition) is 5. The van der Waals surface area contributed by atoms with Crippen LogP contribution < -0.4 is 5.32 Å². The SMILES string of the molecule is Cc1ccccc1-n1cnnc1SCC(=O)N[C@H](c1ccccc1)c1cccs1. The predicted molar refractivity (Wildman–Crippen MR) is 118 cm³/mol. The first-order valence-electron chi connectivity index (χ1n) is 9.19. The number of rotatable bonds is 7. The number of nitrogens with zero attached hydrogens (tertiary/aromatic N) is 3. The quantitative estimate of drug-likeness (QED) is 0.443. The van der Waals surface area contributed by atoms with Gasteiger partial charge in [-0.15, -0.1) is 21.5 Å². The standard InChI is InChI=1S/C22H20N4OS2/c1-16-8-5-6-11-18(16)26-15-23-25-22(26)29-14-20(27)24-21(19-12-7-13-28-19)17-9-3-2-4-10-17/h2-13,15,21H,14H2,1H3,(H,24,27)/t21-/m1/s1. The normalized spacial score (nSPS) is 11.9. The fourth-order valence-electron chi connectivity index (χ4n) is 3.07. The molecular formula is C22H20N4OS2. The minimum absolute atomic E-state index is 0.0448. The van der Waals surface area contributed by atoms with Gasteiger partial charge in [-0.25, -0.2) is 0 Å². The molecule has 0 saturated carbocycles. The van der Waals surface area contributed by atoms with Crippen LogP contribution in [-0.4, -0.2) is 26.4 Å². The van der Waals surface area contributed by atoms with Gasteiger partial charge >= 0.3 is 0 Å². The monoisotopic (exact) mass is 420 g/mol. The maximum absolute atomic E-state index is 12.7. The fourth-order valence-corrected chi connectivity index (χ4v) is 4.61. The predicted octanol–water partition coefficient (Wildman–Crippen LogP) is 4.64. The van der Waals surface area contributed by atoms with Gasteiger partial charge in [-0.3, -0.25) is 9.36 Å². The molecule has 2 heterocycles. The van der Waals surface area contributed by atoms with Gasteiger partial charge in [-0.1, -0.05) is 66.4 Å². The van der Waals surface area contributed by atoms with Gasteiger partial charge < -0.3 is 5.32 Å². The van der Waals surface area contributed by atoms with E-state index in [-0.39, 0.29) is 17.7 Å². The van der Waals surface area contributed by atoms with Gasteiger partial charge in [0.05, 0.1) is 17.5 Å². The van der Waals surface area contributed by atoms with Crippen molar-refractivity contribution in [2.24, 2.45) is 0 Å². The van der Waals surface area contributed by atoms with E-state index in [0.717, 1.165) is 21.7 Å². The van der Waals surface area contributed by atoms with Crippen molar-refractivity contribution in [2.45, 2.75) is 18.1 Å². The van der Waals surface area contributed by atoms with Gasteiger partial charge in [0.25, 0.3) is 0 Å². The number of carbonyl (C=O) groups is 1. The van der Waals surface area contributed by atoms with Gasteiger partial charge in [-0.2, -0.15) is 0 Å². The smallest absolute Gasteiger partial charge is 0.231 e. The number of carbonyl (C=O) groups excluding carboxylic acids is 1. The lowest BCUT2D eigenvalue weighted by atomic mass is 10.1. The molecular weight excluding hydrogens is 400 g/mol. The molecule has 0 aliphatic rings. The molecule has 4 rings (SSSR count). The molecule has 0 radical (unpaired) electrons. The Bertz CT molecular complexity index is 1080. The number of thioether (sulfide) groups is 1. The van der Waals surface area contributed by atoms with Crippen molar-refractivity contribution in [1.29, 1.82) is 0 Å². The molecule has 0 saturated heterocycles. The first-order valence-corrected chi connectivity index (χ1v) is 11.1. The summed E-state index contributed by atoms with van der Waals surface area (Å²) in [5, 5.41) is 14.1. The second-order valence-electron chi connectivity index (χ2n) is 6.49. The van der Waals surface area contributed by atoms with Crippen molar-refractivity contribution in [2.75, 3.05) is 5.75 Å². The molecule has 0 aliphatic heterocycles. The lowest BCUT2D eigenvalue weighted by molar-refractivity contribution is -0.119. The zero-order valence-corrected chi connectivity index (χ0v) is 17.5. The Morgan fingerprint density at radius 2 is 1.90 bits per heavy atom. The highest BCUT2D eigenvalue weighted by molar-refractivity contribution is 7.99. The molecule has 1 atom stereocenters. The molecule has 146 valence electrons. The maximum atomic E-state index is 12.7. The molecule has 1 amide bonds. The van der Waals surface area contributed by atoms with Crippen LogP contribution in [0.1, 0.15) is 22.0 Å². The summed E-state index contributed by atoms with van der Waals surface area (Å²) in [7, 11) is 0. The Balaban J connectivity index is 1.47. The minimum atomic E-state index is -0.154. The van der Waals surface area contributed by atoms with Crippen LogP contribution in [-0.2, 0) is 4.79 Å². The lowest BCUT2D eigenvalue weighted by Crippen LogP contribution is -2.30. The molecule has 1 N–H and O–H groups in total. The molecule has 0 spiro atoms. The number of aryl methyl sites for hydroxylation is 1. The van der Waals surface area contributed by atoms with Crippen LogP contribution >= 0.6 is 23.1 Å². The highest BCUT2D eigenvalue weighted by Crippen LogP contribution is 2.27. The van der Waals surface area contributed by atoms with Crippen molar-refractivity contribution in [3.63, 3.8) is 0 Å². The van der Waals surface area contributed by atoms with Crippen LogP contribution in [0.25, 0.3) is 5.69 Å². The largest absolute Gasteiger partial charge is 0.344 e. The van der Waals surface area contributed by atoms with E-state index < -0.39 is 0 Å². The van der Waals surface area contributed by atoms with E-state index in [1.807, 2.05) is 83.6 Å². The van der Waals surface area contributed by atoms with E-state index >= 15 is 0 Å². The fraction of sp³-hybridized carbons (Fsp3) is 0.136. The van der Waals surface area contributed by atoms with Crippen LogP contribution in [0.5, 0.6) is 0 Å². The van der Waals surface area contributed by atoms with Gasteiger partial charge in [0.2, 0.25) is 5.91 Å². The van der Waals surface area contributed by atoms with Crippen molar-refractivity contribution in [3.8, 4) is 5.69 Å². The van der Waals surface area contributed by atoms with Crippen LogP contribution in [0.2, 0.25) is 0 Å². The van der Waals surface area contributed by atoms with E-state index in [9.17, 15) is 4.79 Å². The highest BCUT2D eigenvalue weighted by atomic mass is 32.2. The summed E-state index contributed by atoms with van der Waals surface area (Å²) in [5.41, 5.74) is 3.21. The van der Waals surface area contributed by atoms with Crippen LogP contribution in [0, 0.1) is 6.92 Å². The van der Waals surface area contributed by atoms with Crippen molar-refractivity contribution in [1.82, 2.24) is 20.1 Å². The number of thiophene rings is 1. The minimum Gasteiger partial charge on any atom is -0.344 e. The van der Waals surface area contributed by atoms with Gasteiger partial charge in [-0.05, 0) is 35.6 Å². The van der Waals surface area contributed by atoms with Crippen molar-refractivity contribution in [3.05, 3.63) is 94.4 Å². The van der Waals surface area contributed by atoms with E-state index in [0.29, 0.717) is 5.16 Å². The molecule has 2 aromatic heterocycles. The molecule has 0 bridgehead atoms. The van der Waals surface area contributed by atoms with E-state index in [1.54, 1.807) is 17.7 Å². The van der Waals surface area contributed by atoms with Crippen molar-refractivity contribution < 1.29 is 4.79 Å². The third-order valence-corrected chi connectivity index (χ3v) is 6.37. The summed E-state index contributed by atoms with van der Waals surface area (Å²) in [5.74, 6) is 0.218. The van der Waals surface area contributed by atoms with Gasteiger partial charge in [0.15, 0.2) is 5.16 Å². The van der Waals surface area contributed by atoms with Crippen LogP contribution in [0.15, 0.2) is 83.6 Å². The third-order valence-electron chi connectivity index (χ3n) is 4.49. The second kappa shape index (κ2) is 9.07. The zero-order chi connectivity index (χ0) is 20.1. The summed E-state index contributed by atoms with van der Waals surface area (Å²) >= 11 is 3.02. The third kappa shape index (κ3) is 4.58. The summed E-state index contributed by atoms with van der Waals surface area (Å²) < 4.78 is 1.92. The number of para-hydroxylation sites is 1. The van der Waals surface area contributed by atoms with Gasteiger partial charge in [0, 0.05) is 4.88 Å². The summed E-state index contributed by atoms with van der Waals surface area (Å²) in [6.07, 6.45) is 1.68. The molecule has 5 nitrogen and oxygen atoms in total. The molecule has 0 aliphatic carbocycles. The number of benzene rings is 2. The summed E-state index contributed by atoms with van der Waals surface area (Å²) in [4.78, 5) is 13.9. The van der Waals surface area contributed by atoms with Crippen LogP contribution in [0.3, 0.4) is 0 Å². The Labute approximate surface area is 177 Å². The number of hydrogen-bond donors (Lipinski definition) is 1.